The first kappa shape index (κ1) is 28.9. The van der Waals surface area contributed by atoms with Crippen molar-refractivity contribution in [1.29, 1.82) is 0 Å². The second-order valence-corrected chi connectivity index (χ2v) is 12.3. The molecule has 0 unspecified atom stereocenters. The standard InChI is InChI=1S/C30H32ClN3O6S/c1-3-40-27-13-9-23(31)17-28(27)41(37,38)33-15-4-5-22(19-33)29(35)32-24-10-6-20-14-16-34(26(20)18-24)30(36)21-7-11-25(39-2)12-8-21/h6-13,17-18,22H,3-5,14-16,19H2,1-2H3,(H,32,35)/t22-/m1/s1. The lowest BCUT2D eigenvalue weighted by Crippen LogP contribution is -2.43. The number of amides is 2. The maximum atomic E-state index is 13.6. The van der Waals surface area contributed by atoms with Crippen LogP contribution in [0.4, 0.5) is 11.4 Å². The van der Waals surface area contributed by atoms with E-state index in [1.54, 1.807) is 61.4 Å². The number of hydrogen-bond donors (Lipinski definition) is 1. The van der Waals surface area contributed by atoms with E-state index in [2.05, 4.69) is 5.32 Å². The summed E-state index contributed by atoms with van der Waals surface area (Å²) in [5.74, 6) is -0.0407. The first-order valence-electron chi connectivity index (χ1n) is 13.5. The number of rotatable bonds is 8. The molecule has 5 rings (SSSR count). The first-order valence-corrected chi connectivity index (χ1v) is 15.3. The third-order valence-electron chi connectivity index (χ3n) is 7.41. The molecule has 0 spiro atoms. The minimum Gasteiger partial charge on any atom is -0.497 e. The Morgan fingerprint density at radius 1 is 1.05 bits per heavy atom. The average Bonchev–Trinajstić information content (AvgIpc) is 3.41. The van der Waals surface area contributed by atoms with Crippen molar-refractivity contribution in [1.82, 2.24) is 4.31 Å². The van der Waals surface area contributed by atoms with Crippen LogP contribution in [0.1, 0.15) is 35.7 Å². The lowest BCUT2D eigenvalue weighted by atomic mass is 9.98. The normalized spacial score (nSPS) is 17.1. The number of ether oxygens (including phenoxy) is 2. The Hall–Kier alpha value is -3.60. The quantitative estimate of drug-likeness (QED) is 0.392. The van der Waals surface area contributed by atoms with Crippen LogP contribution in [0, 0.1) is 5.92 Å². The Morgan fingerprint density at radius 2 is 1.83 bits per heavy atom. The number of halogens is 1. The molecule has 1 saturated heterocycles. The topological polar surface area (TPSA) is 105 Å². The van der Waals surface area contributed by atoms with Gasteiger partial charge >= 0.3 is 0 Å². The highest BCUT2D eigenvalue weighted by molar-refractivity contribution is 7.89. The molecule has 11 heteroatoms. The number of anilines is 2. The molecule has 0 radical (unpaired) electrons. The van der Waals surface area contributed by atoms with Crippen molar-refractivity contribution in [2.45, 2.75) is 31.1 Å². The summed E-state index contributed by atoms with van der Waals surface area (Å²) in [5, 5.41) is 3.23. The third kappa shape index (κ3) is 6.05. The Morgan fingerprint density at radius 3 is 2.56 bits per heavy atom. The van der Waals surface area contributed by atoms with E-state index in [4.69, 9.17) is 21.1 Å². The molecule has 2 aliphatic rings. The molecule has 216 valence electrons. The van der Waals surface area contributed by atoms with Crippen LogP contribution in [0.2, 0.25) is 5.02 Å². The predicted molar refractivity (Wildman–Crippen MR) is 158 cm³/mol. The van der Waals surface area contributed by atoms with Crippen LogP contribution < -0.4 is 19.7 Å². The van der Waals surface area contributed by atoms with Gasteiger partial charge in [-0.15, -0.1) is 0 Å². The van der Waals surface area contributed by atoms with Crippen molar-refractivity contribution in [3.8, 4) is 11.5 Å². The fourth-order valence-corrected chi connectivity index (χ4v) is 7.19. The zero-order valence-electron chi connectivity index (χ0n) is 22.9. The maximum Gasteiger partial charge on any atom is 0.258 e. The molecule has 3 aromatic carbocycles. The number of carbonyl (C=O) groups excluding carboxylic acids is 2. The Kier molecular flexibility index (Phi) is 8.53. The monoisotopic (exact) mass is 597 g/mol. The van der Waals surface area contributed by atoms with Crippen molar-refractivity contribution in [3.05, 3.63) is 76.8 Å². The van der Waals surface area contributed by atoms with Gasteiger partial charge in [0.1, 0.15) is 16.4 Å². The number of fused-ring (bicyclic) bond motifs is 1. The number of hydrogen-bond acceptors (Lipinski definition) is 6. The molecule has 41 heavy (non-hydrogen) atoms. The van der Waals surface area contributed by atoms with Gasteiger partial charge in [-0.1, -0.05) is 17.7 Å². The van der Waals surface area contributed by atoms with E-state index < -0.39 is 15.9 Å². The number of carbonyl (C=O) groups is 2. The van der Waals surface area contributed by atoms with Gasteiger partial charge in [-0.2, -0.15) is 4.31 Å². The highest BCUT2D eigenvalue weighted by atomic mass is 35.5. The van der Waals surface area contributed by atoms with Crippen molar-refractivity contribution < 1.29 is 27.5 Å². The molecular formula is C30H32ClN3O6S. The van der Waals surface area contributed by atoms with Crippen LogP contribution in [0.3, 0.4) is 0 Å². The number of methoxy groups -OCH3 is 1. The summed E-state index contributed by atoms with van der Waals surface area (Å²) < 4.78 is 39.2. The van der Waals surface area contributed by atoms with E-state index in [0.29, 0.717) is 56.0 Å². The number of benzene rings is 3. The van der Waals surface area contributed by atoms with Crippen molar-refractivity contribution in [3.63, 3.8) is 0 Å². The van der Waals surface area contributed by atoms with Gasteiger partial charge in [-0.25, -0.2) is 8.42 Å². The lowest BCUT2D eigenvalue weighted by molar-refractivity contribution is -0.120. The lowest BCUT2D eigenvalue weighted by Gasteiger charge is -2.31. The second kappa shape index (κ2) is 12.1. The van der Waals surface area contributed by atoms with E-state index in [-0.39, 0.29) is 34.0 Å². The van der Waals surface area contributed by atoms with Gasteiger partial charge in [0.05, 0.1) is 19.6 Å². The fourth-order valence-electron chi connectivity index (χ4n) is 5.27. The SMILES string of the molecule is CCOc1ccc(Cl)cc1S(=O)(=O)N1CCC[C@@H](C(=O)Nc2ccc3c(c2)N(C(=O)c2ccc(OC)cc2)CC3)C1. The van der Waals surface area contributed by atoms with Crippen molar-refractivity contribution in [2.75, 3.05) is 43.6 Å². The number of sulfonamides is 1. The summed E-state index contributed by atoms with van der Waals surface area (Å²) in [6.07, 6.45) is 1.81. The van der Waals surface area contributed by atoms with Crippen LogP contribution >= 0.6 is 11.6 Å². The molecule has 0 aromatic heterocycles. The van der Waals surface area contributed by atoms with E-state index in [1.165, 1.54) is 10.4 Å². The zero-order chi connectivity index (χ0) is 29.1. The fraction of sp³-hybridized carbons (Fsp3) is 0.333. The summed E-state index contributed by atoms with van der Waals surface area (Å²) in [6.45, 7) is 2.96. The Labute approximate surface area is 245 Å². The van der Waals surface area contributed by atoms with Crippen LogP contribution in [-0.4, -0.2) is 57.9 Å². The van der Waals surface area contributed by atoms with Crippen LogP contribution in [0.25, 0.3) is 0 Å². The molecule has 2 amide bonds. The van der Waals surface area contributed by atoms with Gasteiger partial charge in [0.2, 0.25) is 15.9 Å². The molecule has 2 aliphatic heterocycles. The summed E-state index contributed by atoms with van der Waals surface area (Å²) in [7, 11) is -2.37. The van der Waals surface area contributed by atoms with Crippen molar-refractivity contribution in [2.24, 2.45) is 5.92 Å². The van der Waals surface area contributed by atoms with Gasteiger partial charge < -0.3 is 19.7 Å². The zero-order valence-corrected chi connectivity index (χ0v) is 24.5. The van der Waals surface area contributed by atoms with E-state index in [0.717, 1.165) is 11.3 Å². The molecule has 1 N–H and O–H groups in total. The average molecular weight is 598 g/mol. The molecular weight excluding hydrogens is 566 g/mol. The number of nitrogens with one attached hydrogen (secondary N) is 1. The van der Waals surface area contributed by atoms with Crippen molar-refractivity contribution >= 4 is 44.8 Å². The first-order chi connectivity index (χ1) is 19.7. The van der Waals surface area contributed by atoms with Crippen LogP contribution in [-0.2, 0) is 21.2 Å². The molecule has 2 heterocycles. The molecule has 0 bridgehead atoms. The van der Waals surface area contributed by atoms with Crippen LogP contribution in [0.5, 0.6) is 11.5 Å². The summed E-state index contributed by atoms with van der Waals surface area (Å²) in [5.41, 5.74) is 2.87. The summed E-state index contributed by atoms with van der Waals surface area (Å²) in [6, 6.07) is 17.0. The molecule has 0 saturated carbocycles. The van der Waals surface area contributed by atoms with Gasteiger partial charge in [0.25, 0.3) is 5.91 Å². The number of nitrogens with zero attached hydrogens (tertiary/aromatic N) is 2. The molecule has 3 aromatic rings. The Bertz CT molecular complexity index is 1560. The number of piperidine rings is 1. The maximum absolute atomic E-state index is 13.6. The predicted octanol–water partition coefficient (Wildman–Crippen LogP) is 4.99. The minimum absolute atomic E-state index is 0.00634. The van der Waals surface area contributed by atoms with Gasteiger partial charge in [0.15, 0.2) is 0 Å². The van der Waals surface area contributed by atoms with Crippen LogP contribution in [0.15, 0.2) is 65.6 Å². The van der Waals surface area contributed by atoms with E-state index in [9.17, 15) is 18.0 Å². The van der Waals surface area contributed by atoms with Gasteiger partial charge in [0, 0.05) is 41.6 Å². The molecule has 1 fully saturated rings. The molecule has 9 nitrogen and oxygen atoms in total. The third-order valence-corrected chi connectivity index (χ3v) is 9.53. The Balaban J connectivity index is 1.30. The smallest absolute Gasteiger partial charge is 0.258 e. The highest BCUT2D eigenvalue weighted by Crippen LogP contribution is 2.34. The van der Waals surface area contributed by atoms with Gasteiger partial charge in [-0.05, 0) is 86.3 Å². The molecule has 1 atom stereocenters. The largest absolute Gasteiger partial charge is 0.497 e. The highest BCUT2D eigenvalue weighted by Gasteiger charge is 2.35. The van der Waals surface area contributed by atoms with E-state index in [1.807, 2.05) is 12.1 Å². The second-order valence-electron chi connectivity index (χ2n) is 9.99. The van der Waals surface area contributed by atoms with E-state index >= 15 is 0 Å². The molecule has 0 aliphatic carbocycles. The summed E-state index contributed by atoms with van der Waals surface area (Å²) in [4.78, 5) is 28.3. The minimum atomic E-state index is -3.94. The summed E-state index contributed by atoms with van der Waals surface area (Å²) >= 11 is 6.12. The van der Waals surface area contributed by atoms with Gasteiger partial charge in [-0.3, -0.25) is 9.59 Å².